The van der Waals surface area contributed by atoms with E-state index in [1.165, 1.54) is 7.11 Å². The number of methoxy groups -OCH3 is 1. The standard InChI is InChI=1S/C34H30N2O6/c1-40-34(39)28(17-25-19-35-27-10-6-5-9-26(25)27)36-33(38)31(24-15-16-29-30(18-24)42-20-41-29)32(37)23-13-11-22(12-14-23)21-7-3-2-4-8-21/h2-16,18-19,28,31-32,35,37H,17,20H2,1H3,(H,36,38)/t28-,31?,32?/m0/s1. The molecule has 3 atom stereocenters. The monoisotopic (exact) mass is 562 g/mol. The maximum atomic E-state index is 14.0. The summed E-state index contributed by atoms with van der Waals surface area (Å²) in [6, 6.07) is 29.2. The van der Waals surface area contributed by atoms with Crippen molar-refractivity contribution in [3.05, 3.63) is 120 Å². The molecule has 2 unspecified atom stereocenters. The highest BCUT2D eigenvalue weighted by molar-refractivity contribution is 5.90. The molecule has 8 nitrogen and oxygen atoms in total. The van der Waals surface area contributed by atoms with Gasteiger partial charge in [0, 0.05) is 23.5 Å². The number of rotatable bonds is 9. The van der Waals surface area contributed by atoms with E-state index in [2.05, 4.69) is 10.3 Å². The van der Waals surface area contributed by atoms with Crippen LogP contribution in [0.4, 0.5) is 0 Å². The molecule has 0 fully saturated rings. The number of hydrogen-bond donors (Lipinski definition) is 3. The van der Waals surface area contributed by atoms with E-state index in [0.29, 0.717) is 22.6 Å². The lowest BCUT2D eigenvalue weighted by Crippen LogP contribution is -2.46. The third-order valence-electron chi connectivity index (χ3n) is 7.61. The Bertz CT molecular complexity index is 1710. The minimum Gasteiger partial charge on any atom is -0.467 e. The van der Waals surface area contributed by atoms with Crippen molar-refractivity contribution in [2.24, 2.45) is 0 Å². The summed E-state index contributed by atoms with van der Waals surface area (Å²) in [5.41, 5.74) is 4.89. The van der Waals surface area contributed by atoms with Crippen LogP contribution in [0.1, 0.15) is 28.7 Å². The molecule has 0 saturated carbocycles. The number of nitrogens with one attached hydrogen (secondary N) is 2. The fourth-order valence-corrected chi connectivity index (χ4v) is 5.40. The minimum absolute atomic E-state index is 0.0776. The number of carbonyl (C=O) groups is 2. The van der Waals surface area contributed by atoms with Gasteiger partial charge in [0.15, 0.2) is 11.5 Å². The van der Waals surface area contributed by atoms with Crippen LogP contribution in [0, 0.1) is 0 Å². The van der Waals surface area contributed by atoms with Crippen LogP contribution in [0.15, 0.2) is 103 Å². The molecule has 0 aliphatic carbocycles. The van der Waals surface area contributed by atoms with Crippen LogP contribution in [0.5, 0.6) is 11.5 Å². The predicted octanol–water partition coefficient (Wildman–Crippen LogP) is 5.28. The number of H-pyrrole nitrogens is 1. The van der Waals surface area contributed by atoms with Crippen molar-refractivity contribution in [2.75, 3.05) is 13.9 Å². The normalized spacial score (nSPS) is 14.2. The average molecular weight is 563 g/mol. The van der Waals surface area contributed by atoms with E-state index in [9.17, 15) is 14.7 Å². The summed E-state index contributed by atoms with van der Waals surface area (Å²) in [4.78, 5) is 30.1. The average Bonchev–Trinajstić information content (AvgIpc) is 3.68. The molecule has 1 aromatic heterocycles. The summed E-state index contributed by atoms with van der Waals surface area (Å²) in [5, 5.41) is 15.5. The van der Waals surface area contributed by atoms with E-state index in [0.717, 1.165) is 27.6 Å². The van der Waals surface area contributed by atoms with E-state index in [1.807, 2.05) is 85.1 Å². The summed E-state index contributed by atoms with van der Waals surface area (Å²) in [7, 11) is 1.29. The van der Waals surface area contributed by atoms with Crippen molar-refractivity contribution in [3.63, 3.8) is 0 Å². The largest absolute Gasteiger partial charge is 0.467 e. The third-order valence-corrected chi connectivity index (χ3v) is 7.61. The number of amides is 1. The Morgan fingerprint density at radius 1 is 0.881 bits per heavy atom. The fraction of sp³-hybridized carbons (Fsp3) is 0.176. The SMILES string of the molecule is COC(=O)[C@H](Cc1c[nH]c2ccccc12)NC(=O)C(c1ccc2c(c1)OCO2)C(O)c1ccc(-c2ccccc2)cc1. The summed E-state index contributed by atoms with van der Waals surface area (Å²) < 4.78 is 16.1. The second-order valence-electron chi connectivity index (χ2n) is 10.2. The highest BCUT2D eigenvalue weighted by Crippen LogP contribution is 2.39. The van der Waals surface area contributed by atoms with E-state index in [1.54, 1.807) is 18.2 Å². The molecular weight excluding hydrogens is 532 g/mol. The van der Waals surface area contributed by atoms with Gasteiger partial charge in [0.1, 0.15) is 6.04 Å². The molecule has 42 heavy (non-hydrogen) atoms. The Kier molecular flexibility index (Phi) is 7.62. The van der Waals surface area contributed by atoms with Crippen LogP contribution < -0.4 is 14.8 Å². The van der Waals surface area contributed by atoms with E-state index < -0.39 is 29.9 Å². The Hall–Kier alpha value is -5.08. The van der Waals surface area contributed by atoms with Crippen molar-refractivity contribution >= 4 is 22.8 Å². The van der Waals surface area contributed by atoms with Gasteiger partial charge in [-0.3, -0.25) is 4.79 Å². The van der Waals surface area contributed by atoms with Gasteiger partial charge < -0.3 is 29.6 Å². The topological polar surface area (TPSA) is 110 Å². The minimum atomic E-state index is -1.22. The molecule has 0 spiro atoms. The molecule has 1 aliphatic rings. The number of aliphatic hydroxyl groups excluding tert-OH is 1. The molecule has 0 saturated heterocycles. The Labute approximate surface area is 242 Å². The quantitative estimate of drug-likeness (QED) is 0.211. The van der Waals surface area contributed by atoms with Crippen molar-refractivity contribution in [1.29, 1.82) is 0 Å². The third kappa shape index (κ3) is 5.44. The van der Waals surface area contributed by atoms with E-state index >= 15 is 0 Å². The number of benzene rings is 4. The zero-order chi connectivity index (χ0) is 29.1. The zero-order valence-corrected chi connectivity index (χ0v) is 22.9. The van der Waals surface area contributed by atoms with Gasteiger partial charge in [0.25, 0.3) is 0 Å². The summed E-state index contributed by atoms with van der Waals surface area (Å²) in [6.07, 6.45) is 0.810. The smallest absolute Gasteiger partial charge is 0.328 e. The number of ether oxygens (including phenoxy) is 3. The van der Waals surface area contributed by atoms with Crippen LogP contribution in [-0.4, -0.2) is 41.9 Å². The molecule has 1 amide bonds. The first-order chi connectivity index (χ1) is 20.5. The van der Waals surface area contributed by atoms with Crippen molar-refractivity contribution < 1.29 is 28.9 Å². The Morgan fingerprint density at radius 3 is 2.36 bits per heavy atom. The predicted molar refractivity (Wildman–Crippen MR) is 158 cm³/mol. The molecule has 2 heterocycles. The second kappa shape index (κ2) is 11.8. The lowest BCUT2D eigenvalue weighted by Gasteiger charge is -2.26. The first kappa shape index (κ1) is 27.1. The molecule has 0 bridgehead atoms. The van der Waals surface area contributed by atoms with Crippen molar-refractivity contribution in [3.8, 4) is 22.6 Å². The molecule has 8 heteroatoms. The van der Waals surface area contributed by atoms with Crippen LogP contribution in [0.25, 0.3) is 22.0 Å². The molecule has 0 radical (unpaired) electrons. The lowest BCUT2D eigenvalue weighted by molar-refractivity contribution is -0.145. The number of aromatic nitrogens is 1. The molecule has 5 aromatic rings. The molecule has 212 valence electrons. The number of para-hydroxylation sites is 1. The number of fused-ring (bicyclic) bond motifs is 2. The number of carbonyl (C=O) groups excluding carboxylic acids is 2. The first-order valence-electron chi connectivity index (χ1n) is 13.7. The van der Waals surface area contributed by atoms with Crippen LogP contribution in [0.2, 0.25) is 0 Å². The van der Waals surface area contributed by atoms with Gasteiger partial charge in [0.2, 0.25) is 12.7 Å². The van der Waals surface area contributed by atoms with Crippen molar-refractivity contribution in [2.45, 2.75) is 24.5 Å². The molecule has 1 aliphatic heterocycles. The summed E-state index contributed by atoms with van der Waals surface area (Å²) in [5.74, 6) is -1.12. The lowest BCUT2D eigenvalue weighted by atomic mass is 9.87. The summed E-state index contributed by atoms with van der Waals surface area (Å²) in [6.45, 7) is 0.0776. The van der Waals surface area contributed by atoms with Crippen molar-refractivity contribution in [1.82, 2.24) is 10.3 Å². The first-order valence-corrected chi connectivity index (χ1v) is 13.7. The number of aliphatic hydroxyl groups is 1. The molecule has 3 N–H and O–H groups in total. The van der Waals surface area contributed by atoms with Gasteiger partial charge in [0.05, 0.1) is 19.1 Å². The molecule has 6 rings (SSSR count). The van der Waals surface area contributed by atoms with E-state index in [4.69, 9.17) is 14.2 Å². The Balaban J connectivity index is 1.31. The van der Waals surface area contributed by atoms with E-state index in [-0.39, 0.29) is 13.2 Å². The maximum absolute atomic E-state index is 14.0. The maximum Gasteiger partial charge on any atom is 0.328 e. The summed E-state index contributed by atoms with van der Waals surface area (Å²) >= 11 is 0. The van der Waals surface area contributed by atoms with Gasteiger partial charge in [-0.05, 0) is 46.0 Å². The number of esters is 1. The van der Waals surface area contributed by atoms with Gasteiger partial charge in [-0.1, -0.05) is 78.9 Å². The Morgan fingerprint density at radius 2 is 1.57 bits per heavy atom. The van der Waals surface area contributed by atoms with Gasteiger partial charge >= 0.3 is 5.97 Å². The molecular formula is C34H30N2O6. The van der Waals surface area contributed by atoms with Crippen LogP contribution in [-0.2, 0) is 20.7 Å². The zero-order valence-electron chi connectivity index (χ0n) is 22.9. The van der Waals surface area contributed by atoms with Crippen LogP contribution >= 0.6 is 0 Å². The van der Waals surface area contributed by atoms with Gasteiger partial charge in [-0.2, -0.15) is 0 Å². The highest BCUT2D eigenvalue weighted by Gasteiger charge is 2.34. The molecule has 4 aromatic carbocycles. The van der Waals surface area contributed by atoms with Gasteiger partial charge in [-0.15, -0.1) is 0 Å². The van der Waals surface area contributed by atoms with Crippen LogP contribution in [0.3, 0.4) is 0 Å². The highest BCUT2D eigenvalue weighted by atomic mass is 16.7. The fourth-order valence-electron chi connectivity index (χ4n) is 5.40. The second-order valence-corrected chi connectivity index (χ2v) is 10.2. The number of aromatic amines is 1. The number of hydrogen-bond acceptors (Lipinski definition) is 6. The van der Waals surface area contributed by atoms with Gasteiger partial charge in [-0.25, -0.2) is 4.79 Å².